The summed E-state index contributed by atoms with van der Waals surface area (Å²) in [6.07, 6.45) is 0.192. The van der Waals surface area contributed by atoms with Crippen molar-refractivity contribution in [2.24, 2.45) is 0 Å². The second kappa shape index (κ2) is 9.55. The molecule has 1 saturated heterocycles. The van der Waals surface area contributed by atoms with E-state index in [0.717, 1.165) is 17.1 Å². The van der Waals surface area contributed by atoms with Crippen LogP contribution in [0.1, 0.15) is 23.5 Å². The molecule has 1 fully saturated rings. The van der Waals surface area contributed by atoms with Crippen LogP contribution in [-0.2, 0) is 11.3 Å². The van der Waals surface area contributed by atoms with E-state index in [1.54, 1.807) is 38.4 Å². The van der Waals surface area contributed by atoms with Crippen molar-refractivity contribution >= 4 is 17.7 Å². The third-order valence-electron chi connectivity index (χ3n) is 5.71. The minimum atomic E-state index is -0.401. The Morgan fingerprint density at radius 1 is 1.06 bits per heavy atom. The number of rotatable bonds is 6. The summed E-state index contributed by atoms with van der Waals surface area (Å²) in [4.78, 5) is 17.1. The third-order valence-corrected chi connectivity index (χ3v) is 6.92. The zero-order chi connectivity index (χ0) is 22.7. The number of benzene rings is 2. The van der Waals surface area contributed by atoms with Gasteiger partial charge in [0.15, 0.2) is 11.5 Å². The Bertz CT molecular complexity index is 1080. The maximum atomic E-state index is 13.2. The van der Waals surface area contributed by atoms with Crippen molar-refractivity contribution in [2.75, 3.05) is 33.9 Å². The first-order chi connectivity index (χ1) is 15.6. The summed E-state index contributed by atoms with van der Waals surface area (Å²) in [6.45, 7) is 1.22. The van der Waals surface area contributed by atoms with Crippen molar-refractivity contribution < 1.29 is 19.0 Å². The van der Waals surface area contributed by atoms with E-state index in [-0.39, 0.29) is 12.3 Å². The summed E-state index contributed by atoms with van der Waals surface area (Å²) in [7, 11) is 4.68. The van der Waals surface area contributed by atoms with Crippen LogP contribution in [-0.4, -0.2) is 49.6 Å². The van der Waals surface area contributed by atoms with E-state index in [0.29, 0.717) is 35.4 Å². The number of nitrogens with zero attached hydrogens (tertiary/aromatic N) is 3. The number of ether oxygens (including phenoxy) is 3. The molecule has 7 nitrogen and oxygen atoms in total. The van der Waals surface area contributed by atoms with E-state index in [2.05, 4.69) is 23.1 Å². The molecule has 0 aromatic heterocycles. The van der Waals surface area contributed by atoms with E-state index >= 15 is 0 Å². The normalized spacial score (nSPS) is 18.8. The minimum absolute atomic E-state index is 0.00824. The van der Waals surface area contributed by atoms with Crippen LogP contribution in [0.3, 0.4) is 0 Å². The molecule has 0 N–H and O–H groups in total. The van der Waals surface area contributed by atoms with Gasteiger partial charge in [-0.15, -0.1) is 0 Å². The largest absolute Gasteiger partial charge is 0.496 e. The number of fused-ring (bicyclic) bond motifs is 1. The Labute approximate surface area is 192 Å². The van der Waals surface area contributed by atoms with Crippen LogP contribution in [0, 0.1) is 11.3 Å². The number of carbonyl (C=O) groups excluding carboxylic acids is 1. The number of nitriles is 1. The maximum Gasteiger partial charge on any atom is 0.229 e. The average Bonchev–Trinajstić information content (AvgIpc) is 2.84. The maximum absolute atomic E-state index is 13.2. The lowest BCUT2D eigenvalue weighted by atomic mass is 9.85. The van der Waals surface area contributed by atoms with Crippen LogP contribution in [0.5, 0.6) is 17.2 Å². The lowest BCUT2D eigenvalue weighted by molar-refractivity contribution is -0.131. The Morgan fingerprint density at radius 2 is 1.75 bits per heavy atom. The van der Waals surface area contributed by atoms with Crippen molar-refractivity contribution in [3.63, 3.8) is 0 Å². The molecule has 1 amide bonds. The molecule has 0 spiro atoms. The molecule has 0 saturated carbocycles. The van der Waals surface area contributed by atoms with Gasteiger partial charge in [-0.05, 0) is 11.6 Å². The predicted molar refractivity (Wildman–Crippen MR) is 122 cm³/mol. The van der Waals surface area contributed by atoms with E-state index in [1.165, 1.54) is 17.3 Å². The zero-order valence-corrected chi connectivity index (χ0v) is 19.1. The van der Waals surface area contributed by atoms with Crippen molar-refractivity contribution in [3.8, 4) is 23.3 Å². The number of amides is 1. The average molecular weight is 452 g/mol. The molecular weight excluding hydrogens is 426 g/mol. The Hall–Kier alpha value is -3.15. The van der Waals surface area contributed by atoms with E-state index in [9.17, 15) is 10.1 Å². The van der Waals surface area contributed by atoms with Crippen molar-refractivity contribution in [1.82, 2.24) is 9.80 Å². The van der Waals surface area contributed by atoms with E-state index in [4.69, 9.17) is 14.2 Å². The number of methoxy groups -OCH3 is 3. The molecular formula is C24H25N3O4S. The first-order valence-corrected chi connectivity index (χ1v) is 11.2. The van der Waals surface area contributed by atoms with Crippen LogP contribution in [0.4, 0.5) is 0 Å². The molecule has 1 atom stereocenters. The van der Waals surface area contributed by atoms with Crippen molar-refractivity contribution in [3.05, 3.63) is 64.2 Å². The summed E-state index contributed by atoms with van der Waals surface area (Å²) < 4.78 is 16.4. The SMILES string of the molecule is COc1cc(OC)c([C@@H]2CC(=O)N3CN(Cc4ccccc4)CSC3=C2C#N)cc1OC. The van der Waals surface area contributed by atoms with Gasteiger partial charge in [0, 0.05) is 30.5 Å². The van der Waals surface area contributed by atoms with Crippen LogP contribution >= 0.6 is 11.8 Å². The van der Waals surface area contributed by atoms with Gasteiger partial charge in [0.2, 0.25) is 5.91 Å². The highest BCUT2D eigenvalue weighted by atomic mass is 32.2. The highest BCUT2D eigenvalue weighted by Gasteiger charge is 2.39. The molecule has 0 aliphatic carbocycles. The monoisotopic (exact) mass is 451 g/mol. The smallest absolute Gasteiger partial charge is 0.229 e. The molecule has 0 radical (unpaired) electrons. The fourth-order valence-corrected chi connectivity index (χ4v) is 5.28. The van der Waals surface area contributed by atoms with Gasteiger partial charge in [-0.25, -0.2) is 0 Å². The quantitative estimate of drug-likeness (QED) is 0.659. The summed E-state index contributed by atoms with van der Waals surface area (Å²) in [5, 5.41) is 10.8. The van der Waals surface area contributed by atoms with Gasteiger partial charge in [-0.1, -0.05) is 42.1 Å². The summed E-state index contributed by atoms with van der Waals surface area (Å²) in [5.41, 5.74) is 2.52. The van der Waals surface area contributed by atoms with Gasteiger partial charge < -0.3 is 14.2 Å². The minimum Gasteiger partial charge on any atom is -0.496 e. The summed E-state index contributed by atoms with van der Waals surface area (Å²) in [6, 6.07) is 16.1. The Balaban J connectivity index is 1.67. The summed E-state index contributed by atoms with van der Waals surface area (Å²) in [5.74, 6) is 1.92. The van der Waals surface area contributed by atoms with Gasteiger partial charge in [0.1, 0.15) is 5.75 Å². The molecule has 2 aliphatic rings. The second-order valence-electron chi connectivity index (χ2n) is 7.59. The number of hydrogen-bond acceptors (Lipinski definition) is 7. The second-order valence-corrected chi connectivity index (χ2v) is 8.52. The number of allylic oxidation sites excluding steroid dienone is 1. The third kappa shape index (κ3) is 4.14. The van der Waals surface area contributed by atoms with Crippen LogP contribution in [0.2, 0.25) is 0 Å². The van der Waals surface area contributed by atoms with Crippen LogP contribution in [0.15, 0.2) is 53.1 Å². The molecule has 32 heavy (non-hydrogen) atoms. The lowest BCUT2D eigenvalue weighted by Gasteiger charge is -2.41. The van der Waals surface area contributed by atoms with E-state index < -0.39 is 5.92 Å². The fraction of sp³-hybridized carbons (Fsp3) is 0.333. The molecule has 0 unspecified atom stereocenters. The number of carbonyl (C=O) groups is 1. The van der Waals surface area contributed by atoms with Crippen LogP contribution < -0.4 is 14.2 Å². The van der Waals surface area contributed by atoms with Gasteiger partial charge >= 0.3 is 0 Å². The molecule has 2 aliphatic heterocycles. The first kappa shape index (κ1) is 22.1. The van der Waals surface area contributed by atoms with Gasteiger partial charge in [-0.3, -0.25) is 14.6 Å². The standard InChI is InChI=1S/C24H25N3O4S/c1-29-20-11-22(31-3)21(30-2)9-18(20)17-10-23(28)27-14-26(13-16-7-5-4-6-8-16)15-32-24(27)19(17)12-25/h4-9,11,17H,10,13-15H2,1-3H3/t17-/m0/s1. The van der Waals surface area contributed by atoms with Gasteiger partial charge in [0.05, 0.1) is 50.5 Å². The Kier molecular flexibility index (Phi) is 6.58. The fourth-order valence-electron chi connectivity index (χ4n) is 4.14. The van der Waals surface area contributed by atoms with Crippen molar-refractivity contribution in [1.29, 1.82) is 5.26 Å². The summed E-state index contributed by atoms with van der Waals surface area (Å²) >= 11 is 1.53. The van der Waals surface area contributed by atoms with Crippen LogP contribution in [0.25, 0.3) is 0 Å². The molecule has 166 valence electrons. The topological polar surface area (TPSA) is 75.0 Å². The number of thioether (sulfide) groups is 1. The molecule has 2 aromatic carbocycles. The zero-order valence-electron chi connectivity index (χ0n) is 18.3. The Morgan fingerprint density at radius 3 is 2.41 bits per heavy atom. The highest BCUT2D eigenvalue weighted by molar-refractivity contribution is 8.03. The lowest BCUT2D eigenvalue weighted by Crippen LogP contribution is -2.46. The highest BCUT2D eigenvalue weighted by Crippen LogP contribution is 2.47. The molecule has 2 heterocycles. The number of hydrogen-bond donors (Lipinski definition) is 0. The van der Waals surface area contributed by atoms with E-state index in [1.807, 2.05) is 18.2 Å². The molecule has 2 aromatic rings. The van der Waals surface area contributed by atoms with Crippen molar-refractivity contribution in [2.45, 2.75) is 18.9 Å². The first-order valence-electron chi connectivity index (χ1n) is 10.2. The van der Waals surface area contributed by atoms with Gasteiger partial charge in [0.25, 0.3) is 0 Å². The molecule has 0 bridgehead atoms. The molecule has 8 heteroatoms. The predicted octanol–water partition coefficient (Wildman–Crippen LogP) is 3.93. The molecule has 4 rings (SSSR count). The van der Waals surface area contributed by atoms with Gasteiger partial charge in [-0.2, -0.15) is 5.26 Å².